The van der Waals surface area contributed by atoms with E-state index >= 15 is 0 Å². The summed E-state index contributed by atoms with van der Waals surface area (Å²) in [7, 11) is 1.62. The third kappa shape index (κ3) is 13.4. The van der Waals surface area contributed by atoms with Crippen LogP contribution in [0.2, 0.25) is 0 Å². The smallest absolute Gasteiger partial charge is 0.308 e. The number of carbonyl (C=O) groups is 4. The van der Waals surface area contributed by atoms with Crippen LogP contribution in [0.25, 0.3) is 0 Å². The van der Waals surface area contributed by atoms with Crippen molar-refractivity contribution >= 4 is 23.7 Å². The average Bonchev–Trinajstić information content (AvgIpc) is 3.04. The zero-order valence-corrected chi connectivity index (χ0v) is 27.5. The minimum absolute atomic E-state index is 0.118. The molecule has 0 aliphatic rings. The molecule has 0 radical (unpaired) electrons. The summed E-state index contributed by atoms with van der Waals surface area (Å²) in [6.45, 7) is 7.72. The lowest BCUT2D eigenvalue weighted by Crippen LogP contribution is -2.57. The number of carboxylic acids is 1. The van der Waals surface area contributed by atoms with Gasteiger partial charge in [0.15, 0.2) is 0 Å². The summed E-state index contributed by atoms with van der Waals surface area (Å²) >= 11 is 0. The van der Waals surface area contributed by atoms with Crippen LogP contribution < -0.4 is 26.4 Å². The van der Waals surface area contributed by atoms with Crippen LogP contribution in [0.1, 0.15) is 58.1 Å². The molecule has 252 valence electrons. The van der Waals surface area contributed by atoms with E-state index in [0.29, 0.717) is 13.2 Å². The molecule has 2 rings (SSSR count). The lowest BCUT2D eigenvalue weighted by Gasteiger charge is -2.26. The molecule has 0 saturated heterocycles. The molecule has 0 heterocycles. The quantitative estimate of drug-likeness (QED) is 0.109. The van der Waals surface area contributed by atoms with Gasteiger partial charge in [0.2, 0.25) is 17.7 Å². The van der Waals surface area contributed by atoms with E-state index in [1.54, 1.807) is 21.0 Å². The number of methoxy groups -OCH3 is 1. The van der Waals surface area contributed by atoms with Gasteiger partial charge < -0.3 is 36.3 Å². The van der Waals surface area contributed by atoms with Crippen molar-refractivity contribution in [3.05, 3.63) is 77.9 Å². The maximum Gasteiger partial charge on any atom is 0.308 e. The van der Waals surface area contributed by atoms with Crippen molar-refractivity contribution in [3.63, 3.8) is 0 Å². The average molecular weight is 639 g/mol. The second kappa shape index (κ2) is 20.0. The van der Waals surface area contributed by atoms with Gasteiger partial charge in [0.05, 0.1) is 25.7 Å². The Balaban J connectivity index is 1.99. The number of unbranched alkanes of at least 4 members (excludes halogenated alkanes) is 1. The molecule has 2 aromatic carbocycles. The summed E-state index contributed by atoms with van der Waals surface area (Å²) in [5, 5.41) is 17.9. The van der Waals surface area contributed by atoms with Crippen LogP contribution in [0.4, 0.5) is 0 Å². The zero-order chi connectivity index (χ0) is 34.1. The van der Waals surface area contributed by atoms with Crippen molar-refractivity contribution in [3.8, 4) is 5.75 Å². The van der Waals surface area contributed by atoms with Crippen molar-refractivity contribution in [1.29, 1.82) is 0 Å². The Morgan fingerprint density at radius 1 is 0.848 bits per heavy atom. The predicted octanol–water partition coefficient (Wildman–Crippen LogP) is 3.36. The molecule has 11 nitrogen and oxygen atoms in total. The number of benzene rings is 2. The molecule has 0 spiro atoms. The number of allylic oxidation sites excluding steroid dienone is 1. The molecule has 3 amide bonds. The monoisotopic (exact) mass is 638 g/mol. The number of hydrogen-bond acceptors (Lipinski definition) is 7. The molecule has 2 aromatic rings. The summed E-state index contributed by atoms with van der Waals surface area (Å²) in [5.74, 6) is -2.80. The van der Waals surface area contributed by atoms with Crippen LogP contribution >= 0.6 is 0 Å². The molecule has 0 aromatic heterocycles. The Morgan fingerprint density at radius 2 is 1.52 bits per heavy atom. The van der Waals surface area contributed by atoms with E-state index in [9.17, 15) is 24.3 Å². The fraction of sp³-hybridized carbons (Fsp3) is 0.486. The van der Waals surface area contributed by atoms with Gasteiger partial charge in [0.1, 0.15) is 17.8 Å². The topological polar surface area (TPSA) is 169 Å². The molecule has 46 heavy (non-hydrogen) atoms. The van der Waals surface area contributed by atoms with Crippen LogP contribution in [0.15, 0.2) is 66.7 Å². The van der Waals surface area contributed by atoms with Crippen molar-refractivity contribution in [2.24, 2.45) is 17.6 Å². The summed E-state index contributed by atoms with van der Waals surface area (Å²) in [4.78, 5) is 50.9. The van der Waals surface area contributed by atoms with E-state index < -0.39 is 53.8 Å². The van der Waals surface area contributed by atoms with Gasteiger partial charge in [0.25, 0.3) is 0 Å². The Labute approximate surface area is 272 Å². The Morgan fingerprint density at radius 3 is 2.13 bits per heavy atom. The number of aliphatic carboxylic acids is 1. The van der Waals surface area contributed by atoms with E-state index in [2.05, 4.69) is 16.0 Å². The first-order valence-corrected chi connectivity index (χ1v) is 15.7. The minimum atomic E-state index is -1.05. The van der Waals surface area contributed by atoms with Gasteiger partial charge in [-0.25, -0.2) is 0 Å². The number of rotatable bonds is 20. The van der Waals surface area contributed by atoms with E-state index in [1.165, 1.54) is 13.8 Å². The van der Waals surface area contributed by atoms with E-state index in [-0.39, 0.29) is 18.8 Å². The number of carboxylic acid groups (broad SMARTS) is 1. The normalized spacial score (nSPS) is 14.6. The lowest BCUT2D eigenvalue weighted by molar-refractivity contribution is -0.142. The maximum absolute atomic E-state index is 13.5. The Hall–Kier alpha value is -4.22. The van der Waals surface area contributed by atoms with Crippen LogP contribution in [0.3, 0.4) is 0 Å². The highest BCUT2D eigenvalue weighted by Crippen LogP contribution is 2.13. The molecule has 11 heteroatoms. The number of nitrogens with two attached hydrogens (primary N) is 1. The number of ether oxygens (including phenoxy) is 2. The molecule has 5 atom stereocenters. The first-order chi connectivity index (χ1) is 21.9. The minimum Gasteiger partial charge on any atom is -0.497 e. The van der Waals surface area contributed by atoms with Crippen LogP contribution in [0.5, 0.6) is 5.75 Å². The second-order valence-electron chi connectivity index (χ2n) is 11.7. The van der Waals surface area contributed by atoms with Gasteiger partial charge in [-0.05, 0) is 62.3 Å². The van der Waals surface area contributed by atoms with Gasteiger partial charge in [-0.3, -0.25) is 19.2 Å². The van der Waals surface area contributed by atoms with Gasteiger partial charge in [-0.1, -0.05) is 68.5 Å². The SMILES string of the molecule is COc1ccc(COCCC/C=C\C[C@@H](NC(=O)[C@@H](Cc2ccccc2)NC(=O)[C@@H](C)NC(=O)[C@H](N)C(C)C)[C@H](C)C(=O)O)cc1. The highest BCUT2D eigenvalue weighted by Gasteiger charge is 2.30. The second-order valence-corrected chi connectivity index (χ2v) is 11.7. The summed E-state index contributed by atoms with van der Waals surface area (Å²) in [6, 6.07) is 13.4. The van der Waals surface area contributed by atoms with E-state index in [4.69, 9.17) is 15.2 Å². The lowest BCUT2D eigenvalue weighted by atomic mass is 9.97. The first kappa shape index (κ1) is 38.0. The molecule has 0 aliphatic carbocycles. The van der Waals surface area contributed by atoms with E-state index in [1.807, 2.05) is 66.7 Å². The van der Waals surface area contributed by atoms with Crippen LogP contribution in [-0.2, 0) is 36.9 Å². The van der Waals surface area contributed by atoms with Crippen molar-refractivity contribution < 1.29 is 33.8 Å². The van der Waals surface area contributed by atoms with Crippen molar-refractivity contribution in [2.45, 2.75) is 84.2 Å². The van der Waals surface area contributed by atoms with Gasteiger partial charge in [-0.15, -0.1) is 0 Å². The molecular weight excluding hydrogens is 588 g/mol. The molecule has 6 N–H and O–H groups in total. The predicted molar refractivity (Wildman–Crippen MR) is 177 cm³/mol. The largest absolute Gasteiger partial charge is 0.497 e. The highest BCUT2D eigenvalue weighted by atomic mass is 16.5. The molecule has 0 fully saturated rings. The molecular formula is C35H50N4O7. The van der Waals surface area contributed by atoms with Gasteiger partial charge in [0, 0.05) is 19.1 Å². The fourth-order valence-corrected chi connectivity index (χ4v) is 4.45. The molecule has 0 bridgehead atoms. The van der Waals surface area contributed by atoms with Crippen molar-refractivity contribution in [1.82, 2.24) is 16.0 Å². The molecule has 0 unspecified atom stereocenters. The zero-order valence-electron chi connectivity index (χ0n) is 27.5. The number of amides is 3. The molecule has 0 aliphatic heterocycles. The van der Waals surface area contributed by atoms with Crippen LogP contribution in [-0.4, -0.2) is 66.7 Å². The summed E-state index contributed by atoms with van der Waals surface area (Å²) in [6.07, 6.45) is 5.76. The Bertz CT molecular complexity index is 1270. The number of nitrogens with one attached hydrogen (secondary N) is 3. The highest BCUT2D eigenvalue weighted by molar-refractivity contribution is 5.93. The van der Waals surface area contributed by atoms with Crippen LogP contribution in [0, 0.1) is 11.8 Å². The number of carbonyl (C=O) groups excluding carboxylic acids is 3. The number of hydrogen-bond donors (Lipinski definition) is 5. The summed E-state index contributed by atoms with van der Waals surface area (Å²) in [5.41, 5.74) is 7.76. The first-order valence-electron chi connectivity index (χ1n) is 15.7. The third-order valence-corrected chi connectivity index (χ3v) is 7.65. The third-order valence-electron chi connectivity index (χ3n) is 7.65. The van der Waals surface area contributed by atoms with Gasteiger partial charge >= 0.3 is 5.97 Å². The van der Waals surface area contributed by atoms with Crippen molar-refractivity contribution in [2.75, 3.05) is 13.7 Å². The standard InChI is InChI=1S/C35H50N4O7/c1-23(2)31(36)34(42)37-25(4)32(40)39-30(21-26-13-9-8-10-14-26)33(41)38-29(24(3)35(43)44)15-11-6-7-12-20-46-22-27-16-18-28(45-5)19-17-27/h6,8-11,13-14,16-19,23-25,29-31H,7,12,15,20-22,36H2,1-5H3,(H,37,42)(H,38,41)(H,39,40)(H,43,44)/b11-6-/t24-,25+,29+,30+,31+/m0/s1. The Kier molecular flexibility index (Phi) is 16.5. The fourth-order valence-electron chi connectivity index (χ4n) is 4.45. The summed E-state index contributed by atoms with van der Waals surface area (Å²) < 4.78 is 10.9. The molecule has 0 saturated carbocycles. The van der Waals surface area contributed by atoms with E-state index in [0.717, 1.165) is 29.7 Å². The maximum atomic E-state index is 13.5. The van der Waals surface area contributed by atoms with Gasteiger partial charge in [-0.2, -0.15) is 0 Å².